The average molecular weight is 316 g/mol. The van der Waals surface area contributed by atoms with Crippen LogP contribution in [0.1, 0.15) is 18.1 Å². The van der Waals surface area contributed by atoms with Crippen molar-refractivity contribution in [3.8, 4) is 6.07 Å². The molecule has 1 N–H and O–H groups in total. The van der Waals surface area contributed by atoms with E-state index >= 15 is 0 Å². The van der Waals surface area contributed by atoms with Gasteiger partial charge < -0.3 is 0 Å². The molecule has 0 aliphatic carbocycles. The molecule has 0 fully saturated rings. The molecule has 0 spiro atoms. The lowest BCUT2D eigenvalue weighted by Gasteiger charge is -2.14. The molecule has 0 aliphatic rings. The molecule has 0 aliphatic heterocycles. The SMILES string of the molecule is Cc1cc(C#N)ccc1S(=O)(=O)NC(C)CS(C)(=O)=O. The van der Waals surface area contributed by atoms with Crippen LogP contribution in [0.3, 0.4) is 0 Å². The Morgan fingerprint density at radius 2 is 1.90 bits per heavy atom. The molecule has 0 amide bonds. The minimum atomic E-state index is -3.81. The Labute approximate surface area is 119 Å². The molecule has 1 atom stereocenters. The highest BCUT2D eigenvalue weighted by Crippen LogP contribution is 2.16. The van der Waals surface area contributed by atoms with Crippen LogP contribution < -0.4 is 4.72 Å². The topological polar surface area (TPSA) is 104 Å². The zero-order chi connectivity index (χ0) is 15.6. The van der Waals surface area contributed by atoms with Gasteiger partial charge in [0.25, 0.3) is 0 Å². The highest BCUT2D eigenvalue weighted by Gasteiger charge is 2.21. The average Bonchev–Trinajstić information content (AvgIpc) is 2.24. The van der Waals surface area contributed by atoms with Crippen LogP contribution in [0.5, 0.6) is 0 Å². The van der Waals surface area contributed by atoms with E-state index < -0.39 is 25.9 Å². The number of hydrogen-bond donors (Lipinski definition) is 1. The van der Waals surface area contributed by atoms with E-state index in [4.69, 9.17) is 5.26 Å². The first kappa shape index (κ1) is 16.6. The van der Waals surface area contributed by atoms with Gasteiger partial charge in [0.15, 0.2) is 0 Å². The largest absolute Gasteiger partial charge is 0.241 e. The molecule has 1 aromatic rings. The molecule has 6 nitrogen and oxygen atoms in total. The van der Waals surface area contributed by atoms with Crippen LogP contribution in [0.2, 0.25) is 0 Å². The van der Waals surface area contributed by atoms with Crippen LogP contribution in [0.25, 0.3) is 0 Å². The summed E-state index contributed by atoms with van der Waals surface area (Å²) in [7, 11) is -7.08. The van der Waals surface area contributed by atoms with E-state index in [1.807, 2.05) is 6.07 Å². The van der Waals surface area contributed by atoms with E-state index in [0.29, 0.717) is 11.1 Å². The van der Waals surface area contributed by atoms with E-state index in [1.54, 1.807) is 6.92 Å². The number of sulfone groups is 1. The molecule has 0 radical (unpaired) electrons. The lowest BCUT2D eigenvalue weighted by molar-refractivity contribution is 0.564. The van der Waals surface area contributed by atoms with E-state index in [-0.39, 0.29) is 10.6 Å². The fourth-order valence-electron chi connectivity index (χ4n) is 1.84. The smallest absolute Gasteiger partial charge is 0.229 e. The third-order valence-corrected chi connectivity index (χ3v) is 5.36. The summed E-state index contributed by atoms with van der Waals surface area (Å²) in [6, 6.07) is 5.40. The number of nitriles is 1. The lowest BCUT2D eigenvalue weighted by atomic mass is 10.2. The number of nitrogens with one attached hydrogen (secondary N) is 1. The maximum atomic E-state index is 12.2. The molecule has 0 heterocycles. The molecule has 0 bridgehead atoms. The summed E-state index contributed by atoms with van der Waals surface area (Å²) in [6.07, 6.45) is 1.05. The molecule has 1 aromatic carbocycles. The third-order valence-electron chi connectivity index (χ3n) is 2.50. The molecule has 20 heavy (non-hydrogen) atoms. The first-order valence-electron chi connectivity index (χ1n) is 5.76. The van der Waals surface area contributed by atoms with Crippen molar-refractivity contribution in [2.75, 3.05) is 12.0 Å². The Balaban J connectivity index is 3.04. The summed E-state index contributed by atoms with van der Waals surface area (Å²) in [5.74, 6) is -0.276. The summed E-state index contributed by atoms with van der Waals surface area (Å²) in [4.78, 5) is 0.0388. The molecule has 8 heteroatoms. The Hall–Kier alpha value is -1.43. The van der Waals surface area contributed by atoms with Crippen molar-refractivity contribution < 1.29 is 16.8 Å². The molecule has 0 saturated carbocycles. The summed E-state index contributed by atoms with van der Waals surface area (Å²) in [5, 5.41) is 8.75. The van der Waals surface area contributed by atoms with Gasteiger partial charge in [0, 0.05) is 12.3 Å². The Morgan fingerprint density at radius 1 is 1.30 bits per heavy atom. The van der Waals surface area contributed by atoms with E-state index in [0.717, 1.165) is 6.26 Å². The summed E-state index contributed by atoms with van der Waals surface area (Å²) in [6.45, 7) is 3.06. The minimum Gasteiger partial charge on any atom is -0.229 e. The van der Waals surface area contributed by atoms with Crippen molar-refractivity contribution >= 4 is 19.9 Å². The Morgan fingerprint density at radius 3 is 2.35 bits per heavy atom. The van der Waals surface area contributed by atoms with Crippen molar-refractivity contribution in [2.45, 2.75) is 24.8 Å². The van der Waals surface area contributed by atoms with Gasteiger partial charge in [0.05, 0.1) is 22.3 Å². The molecule has 110 valence electrons. The van der Waals surface area contributed by atoms with Gasteiger partial charge in [-0.1, -0.05) is 0 Å². The first-order chi connectivity index (χ1) is 9.05. The van der Waals surface area contributed by atoms with Crippen LogP contribution in [-0.4, -0.2) is 34.9 Å². The maximum absolute atomic E-state index is 12.2. The maximum Gasteiger partial charge on any atom is 0.241 e. The molecular formula is C12H16N2O4S2. The third kappa shape index (κ3) is 4.59. The zero-order valence-corrected chi connectivity index (χ0v) is 13.0. The van der Waals surface area contributed by atoms with E-state index in [9.17, 15) is 16.8 Å². The van der Waals surface area contributed by atoms with Crippen LogP contribution in [0.4, 0.5) is 0 Å². The molecule has 0 aromatic heterocycles. The highest BCUT2D eigenvalue weighted by molar-refractivity contribution is 7.91. The van der Waals surface area contributed by atoms with Gasteiger partial charge >= 0.3 is 0 Å². The predicted octanol–water partition coefficient (Wildman–Crippen LogP) is 0.578. The van der Waals surface area contributed by atoms with Gasteiger partial charge in [-0.15, -0.1) is 0 Å². The second-order valence-electron chi connectivity index (χ2n) is 4.71. The standard InChI is InChI=1S/C12H16N2O4S2/c1-9-6-11(7-13)4-5-12(9)20(17,18)14-10(2)8-19(3,15)16/h4-6,10,14H,8H2,1-3H3. The number of aryl methyl sites for hydroxylation is 1. The number of benzene rings is 1. The normalized spacial score (nSPS) is 13.7. The van der Waals surface area contributed by atoms with Crippen molar-refractivity contribution in [3.05, 3.63) is 29.3 Å². The van der Waals surface area contributed by atoms with Gasteiger partial charge in [-0.25, -0.2) is 21.6 Å². The van der Waals surface area contributed by atoms with Crippen molar-refractivity contribution in [1.29, 1.82) is 5.26 Å². The second kappa shape index (κ2) is 5.91. The van der Waals surface area contributed by atoms with E-state index in [1.165, 1.54) is 25.1 Å². The van der Waals surface area contributed by atoms with Gasteiger partial charge in [0.2, 0.25) is 10.0 Å². The lowest BCUT2D eigenvalue weighted by Crippen LogP contribution is -2.37. The summed E-state index contributed by atoms with van der Waals surface area (Å²) < 4.78 is 48.9. The highest BCUT2D eigenvalue weighted by atomic mass is 32.2. The Kier molecular flexibility index (Phi) is 4.91. The van der Waals surface area contributed by atoms with Crippen molar-refractivity contribution in [2.24, 2.45) is 0 Å². The van der Waals surface area contributed by atoms with Gasteiger partial charge in [0.1, 0.15) is 9.84 Å². The number of rotatable bonds is 5. The summed E-state index contributed by atoms with van der Waals surface area (Å²) >= 11 is 0. The van der Waals surface area contributed by atoms with Crippen LogP contribution in [0, 0.1) is 18.3 Å². The van der Waals surface area contributed by atoms with E-state index in [2.05, 4.69) is 4.72 Å². The minimum absolute atomic E-state index is 0.0388. The molecule has 1 rings (SSSR count). The molecule has 0 saturated heterocycles. The number of sulfonamides is 1. The fraction of sp³-hybridized carbons (Fsp3) is 0.417. The van der Waals surface area contributed by atoms with Crippen molar-refractivity contribution in [3.63, 3.8) is 0 Å². The predicted molar refractivity (Wildman–Crippen MR) is 75.4 cm³/mol. The van der Waals surface area contributed by atoms with Gasteiger partial charge in [-0.2, -0.15) is 5.26 Å². The molecular weight excluding hydrogens is 300 g/mol. The van der Waals surface area contributed by atoms with Gasteiger partial charge in [-0.3, -0.25) is 0 Å². The van der Waals surface area contributed by atoms with Crippen LogP contribution >= 0.6 is 0 Å². The van der Waals surface area contributed by atoms with Crippen LogP contribution in [0.15, 0.2) is 23.1 Å². The Bertz CT molecular complexity index is 746. The zero-order valence-electron chi connectivity index (χ0n) is 11.4. The second-order valence-corrected chi connectivity index (χ2v) is 8.57. The number of nitrogens with zero attached hydrogens (tertiary/aromatic N) is 1. The number of hydrogen-bond acceptors (Lipinski definition) is 5. The quantitative estimate of drug-likeness (QED) is 0.855. The van der Waals surface area contributed by atoms with Gasteiger partial charge in [-0.05, 0) is 37.6 Å². The first-order valence-corrected chi connectivity index (χ1v) is 9.30. The summed E-state index contributed by atoms with van der Waals surface area (Å²) in [5.41, 5.74) is 0.800. The molecule has 1 unspecified atom stereocenters. The van der Waals surface area contributed by atoms with Crippen LogP contribution in [-0.2, 0) is 19.9 Å². The van der Waals surface area contributed by atoms with Crippen molar-refractivity contribution in [1.82, 2.24) is 4.72 Å². The monoisotopic (exact) mass is 316 g/mol. The fourth-order valence-corrected chi connectivity index (χ4v) is 4.40.